The van der Waals surface area contributed by atoms with E-state index < -0.39 is 0 Å². The van der Waals surface area contributed by atoms with Crippen LogP contribution in [0.4, 0.5) is 0 Å². The predicted octanol–water partition coefficient (Wildman–Crippen LogP) is 3.78. The summed E-state index contributed by atoms with van der Waals surface area (Å²) in [6.45, 7) is 0. The predicted molar refractivity (Wildman–Crippen MR) is 90.5 cm³/mol. The Morgan fingerprint density at radius 3 is 1.61 bits per heavy atom. The molecule has 2 aromatic carbocycles. The van der Waals surface area contributed by atoms with Crippen molar-refractivity contribution >= 4 is 29.2 Å². The highest BCUT2D eigenvalue weighted by molar-refractivity contribution is 6.22. The molecule has 5 heteroatoms. The Morgan fingerprint density at radius 1 is 0.609 bits per heavy atom. The lowest BCUT2D eigenvalue weighted by atomic mass is 10.1. The van der Waals surface area contributed by atoms with Crippen LogP contribution in [0.2, 0.25) is 0 Å². The number of aromatic nitrogens is 2. The molecule has 0 aliphatic heterocycles. The molecule has 109 valence electrons. The molecule has 23 heavy (non-hydrogen) atoms. The number of fused-ring (bicyclic) bond motifs is 2. The van der Waals surface area contributed by atoms with Crippen molar-refractivity contribution in [2.45, 2.75) is 0 Å². The van der Waals surface area contributed by atoms with Crippen LogP contribution in [0, 0.1) is 0 Å². The second-order valence-corrected chi connectivity index (χ2v) is 5.05. The average molecular weight is 299 g/mol. The van der Waals surface area contributed by atoms with Gasteiger partial charge in [-0.15, -0.1) is 0 Å². The second kappa shape index (κ2) is 5.97. The van der Waals surface area contributed by atoms with E-state index in [1.54, 1.807) is 24.8 Å². The molecule has 0 saturated carbocycles. The Bertz CT molecular complexity index is 885. The minimum absolute atomic E-state index is 0.649. The third kappa shape index (κ3) is 2.69. The van der Waals surface area contributed by atoms with Gasteiger partial charge >= 0.3 is 7.69 Å². The highest BCUT2D eigenvalue weighted by Crippen LogP contribution is 2.25. The van der Waals surface area contributed by atoms with Crippen LogP contribution in [0.25, 0.3) is 21.5 Å². The number of benzene rings is 2. The molecule has 0 saturated heterocycles. The van der Waals surface area contributed by atoms with Crippen molar-refractivity contribution in [2.75, 3.05) is 0 Å². The molecule has 1 radical (unpaired) electrons. The van der Waals surface area contributed by atoms with Crippen LogP contribution >= 0.6 is 0 Å². The highest BCUT2D eigenvalue weighted by Gasteiger charge is 2.08. The molecule has 4 rings (SSSR count). The van der Waals surface area contributed by atoms with Crippen molar-refractivity contribution in [1.82, 2.24) is 9.97 Å². The number of pyridine rings is 2. The Hall–Kier alpha value is -3.08. The van der Waals surface area contributed by atoms with Crippen molar-refractivity contribution in [1.29, 1.82) is 0 Å². The third-order valence-electron chi connectivity index (χ3n) is 3.61. The maximum atomic E-state index is 5.63. The first-order valence-electron chi connectivity index (χ1n) is 7.22. The van der Waals surface area contributed by atoms with Crippen LogP contribution in [-0.4, -0.2) is 17.7 Å². The van der Waals surface area contributed by atoms with Crippen molar-refractivity contribution in [2.24, 2.45) is 0 Å². The summed E-state index contributed by atoms with van der Waals surface area (Å²) in [4.78, 5) is 8.35. The van der Waals surface area contributed by atoms with Gasteiger partial charge in [0, 0.05) is 33.9 Å². The lowest BCUT2D eigenvalue weighted by molar-refractivity contribution is 0.462. The topological polar surface area (TPSA) is 44.2 Å². The van der Waals surface area contributed by atoms with Gasteiger partial charge in [-0.05, 0) is 0 Å². The van der Waals surface area contributed by atoms with Crippen LogP contribution in [0.1, 0.15) is 0 Å². The molecule has 2 aromatic heterocycles. The van der Waals surface area contributed by atoms with E-state index in [0.29, 0.717) is 11.5 Å². The molecule has 0 N–H and O–H groups in total. The van der Waals surface area contributed by atoms with Gasteiger partial charge < -0.3 is 9.31 Å². The van der Waals surface area contributed by atoms with E-state index in [0.717, 1.165) is 21.5 Å². The zero-order chi connectivity index (χ0) is 15.5. The summed E-state index contributed by atoms with van der Waals surface area (Å²) in [5.41, 5.74) is 0. The quantitative estimate of drug-likeness (QED) is 0.538. The second-order valence-electron chi connectivity index (χ2n) is 5.05. The largest absolute Gasteiger partial charge is 0.658 e. The van der Waals surface area contributed by atoms with Gasteiger partial charge in [0.2, 0.25) is 0 Å². The summed E-state index contributed by atoms with van der Waals surface area (Å²) >= 11 is 0. The van der Waals surface area contributed by atoms with E-state index >= 15 is 0 Å². The number of hydrogen-bond donors (Lipinski definition) is 0. The van der Waals surface area contributed by atoms with E-state index in [1.165, 1.54) is 7.69 Å². The fourth-order valence-corrected chi connectivity index (χ4v) is 2.49. The fraction of sp³-hybridized carbons (Fsp3) is 0. The standard InChI is InChI=1S/C18H12BN2O2/c1-3-7-15-13(5-1)9-20-11-17(15)22-19-23-18-12-21-10-14-6-2-4-8-16(14)18/h1-12H. The zero-order valence-electron chi connectivity index (χ0n) is 12.2. The molecule has 0 aliphatic carbocycles. The van der Waals surface area contributed by atoms with Crippen molar-refractivity contribution in [3.8, 4) is 11.5 Å². The first kappa shape index (κ1) is 13.6. The summed E-state index contributed by atoms with van der Waals surface area (Å²) in [5, 5.41) is 4.01. The minimum atomic E-state index is 0.649. The summed E-state index contributed by atoms with van der Waals surface area (Å²) in [5.74, 6) is 1.30. The SMILES string of the molecule is [B](Oc1cncc2ccccc12)Oc1cncc2ccccc12. The fourth-order valence-electron chi connectivity index (χ4n) is 2.49. The summed E-state index contributed by atoms with van der Waals surface area (Å²) in [7, 11) is 1.31. The van der Waals surface area contributed by atoms with E-state index in [9.17, 15) is 0 Å². The molecule has 0 atom stereocenters. The van der Waals surface area contributed by atoms with Crippen molar-refractivity contribution in [3.05, 3.63) is 73.3 Å². The molecule has 0 amide bonds. The molecule has 0 spiro atoms. The van der Waals surface area contributed by atoms with Gasteiger partial charge in [-0.3, -0.25) is 9.97 Å². The molecule has 4 nitrogen and oxygen atoms in total. The van der Waals surface area contributed by atoms with Gasteiger partial charge in [0.15, 0.2) is 0 Å². The molecule has 0 aliphatic rings. The van der Waals surface area contributed by atoms with E-state index in [2.05, 4.69) is 9.97 Å². The van der Waals surface area contributed by atoms with E-state index in [-0.39, 0.29) is 0 Å². The Kier molecular flexibility index (Phi) is 3.52. The lowest BCUT2D eigenvalue weighted by Crippen LogP contribution is -2.11. The summed E-state index contributed by atoms with van der Waals surface area (Å²) in [6.07, 6.45) is 6.95. The monoisotopic (exact) mass is 299 g/mol. The van der Waals surface area contributed by atoms with Gasteiger partial charge in [-0.1, -0.05) is 48.5 Å². The summed E-state index contributed by atoms with van der Waals surface area (Å²) < 4.78 is 11.3. The Labute approximate surface area is 134 Å². The third-order valence-corrected chi connectivity index (χ3v) is 3.61. The van der Waals surface area contributed by atoms with Gasteiger partial charge in [-0.25, -0.2) is 0 Å². The Balaban J connectivity index is 1.55. The molecule has 0 fully saturated rings. The average Bonchev–Trinajstić information content (AvgIpc) is 2.62. The number of hydrogen-bond acceptors (Lipinski definition) is 4. The molecular formula is C18H12BN2O2. The molecule has 0 bridgehead atoms. The Morgan fingerprint density at radius 2 is 1.09 bits per heavy atom. The molecule has 2 heterocycles. The van der Waals surface area contributed by atoms with Crippen LogP contribution in [0.5, 0.6) is 11.5 Å². The van der Waals surface area contributed by atoms with Crippen molar-refractivity contribution < 1.29 is 9.31 Å². The first-order chi connectivity index (χ1) is 11.4. The molecule has 4 aromatic rings. The van der Waals surface area contributed by atoms with Crippen LogP contribution in [-0.2, 0) is 0 Å². The smallest absolute Gasteiger partial charge is 0.525 e. The van der Waals surface area contributed by atoms with Crippen molar-refractivity contribution in [3.63, 3.8) is 0 Å². The highest BCUT2D eigenvalue weighted by atomic mass is 16.6. The van der Waals surface area contributed by atoms with Gasteiger partial charge in [0.1, 0.15) is 11.5 Å². The lowest BCUT2D eigenvalue weighted by Gasteiger charge is -2.10. The number of rotatable bonds is 4. The summed E-state index contributed by atoms with van der Waals surface area (Å²) in [6, 6.07) is 15.8. The van der Waals surface area contributed by atoms with Gasteiger partial charge in [0.05, 0.1) is 12.4 Å². The minimum Gasteiger partial charge on any atom is -0.525 e. The normalized spacial score (nSPS) is 10.6. The first-order valence-corrected chi connectivity index (χ1v) is 7.22. The molecule has 0 unspecified atom stereocenters. The maximum absolute atomic E-state index is 5.63. The van der Waals surface area contributed by atoms with Gasteiger partial charge in [-0.2, -0.15) is 0 Å². The van der Waals surface area contributed by atoms with E-state index in [4.69, 9.17) is 9.31 Å². The van der Waals surface area contributed by atoms with E-state index in [1.807, 2.05) is 48.5 Å². The zero-order valence-corrected chi connectivity index (χ0v) is 12.2. The molecular weight excluding hydrogens is 287 g/mol. The van der Waals surface area contributed by atoms with Crippen LogP contribution in [0.3, 0.4) is 0 Å². The van der Waals surface area contributed by atoms with Crippen LogP contribution in [0.15, 0.2) is 73.3 Å². The van der Waals surface area contributed by atoms with Gasteiger partial charge in [0.25, 0.3) is 0 Å². The maximum Gasteiger partial charge on any atom is 0.658 e. The number of nitrogens with zero attached hydrogens (tertiary/aromatic N) is 2. The van der Waals surface area contributed by atoms with Crippen LogP contribution < -0.4 is 9.31 Å².